The topological polar surface area (TPSA) is 26.0 Å². The largest absolute Gasteiger partial charge is 0.327 e. The fourth-order valence-electron chi connectivity index (χ4n) is 0.994. The molecule has 0 radical (unpaired) electrons. The van der Waals surface area contributed by atoms with Crippen LogP contribution < -0.4 is 5.73 Å². The minimum atomic E-state index is 0.669. The first-order chi connectivity index (χ1) is 5.70. The maximum absolute atomic E-state index is 5.40. The number of rotatable bonds is 5. The summed E-state index contributed by atoms with van der Waals surface area (Å²) in [6, 6.07) is 0. The molecule has 0 aliphatic heterocycles. The van der Waals surface area contributed by atoms with Crippen molar-refractivity contribution in [3.8, 4) is 0 Å². The molecule has 0 aliphatic rings. The van der Waals surface area contributed by atoms with Gasteiger partial charge in [-0.25, -0.2) is 0 Å². The number of nitrogens with two attached hydrogens (primary N) is 1. The van der Waals surface area contributed by atoms with Crippen LogP contribution in [-0.2, 0) is 0 Å². The van der Waals surface area contributed by atoms with E-state index in [2.05, 4.69) is 32.9 Å². The van der Waals surface area contributed by atoms with Gasteiger partial charge in [0.15, 0.2) is 0 Å². The fraction of sp³-hybridized carbons (Fsp3) is 0.636. The van der Waals surface area contributed by atoms with E-state index in [0.29, 0.717) is 6.54 Å². The average Bonchev–Trinajstić information content (AvgIpc) is 2.04. The molecule has 0 unspecified atom stereocenters. The Kier molecular flexibility index (Phi) is 6.78. The highest BCUT2D eigenvalue weighted by molar-refractivity contribution is 5.03. The molecule has 2 N–H and O–H groups in total. The van der Waals surface area contributed by atoms with Crippen LogP contribution >= 0.6 is 0 Å². The molecule has 0 rings (SSSR count). The Bertz CT molecular complexity index is 166. The third kappa shape index (κ3) is 6.17. The Morgan fingerprint density at radius 3 is 2.33 bits per heavy atom. The summed E-state index contributed by atoms with van der Waals surface area (Å²) < 4.78 is 0. The van der Waals surface area contributed by atoms with Gasteiger partial charge in [0.05, 0.1) is 0 Å². The second-order valence-corrected chi connectivity index (χ2v) is 3.23. The second kappa shape index (κ2) is 7.11. The maximum Gasteiger partial charge on any atom is 0.0109 e. The smallest absolute Gasteiger partial charge is 0.0109 e. The SMILES string of the molecule is CCC(C)=CCCC(C)=CCN. The predicted molar refractivity (Wildman–Crippen MR) is 56.1 cm³/mol. The van der Waals surface area contributed by atoms with Gasteiger partial charge in [0, 0.05) is 6.54 Å². The quantitative estimate of drug-likeness (QED) is 0.626. The minimum absolute atomic E-state index is 0.669. The van der Waals surface area contributed by atoms with E-state index in [9.17, 15) is 0 Å². The monoisotopic (exact) mass is 167 g/mol. The van der Waals surface area contributed by atoms with Gasteiger partial charge in [-0.05, 0) is 33.1 Å². The highest BCUT2D eigenvalue weighted by atomic mass is 14.5. The van der Waals surface area contributed by atoms with Gasteiger partial charge in [-0.2, -0.15) is 0 Å². The van der Waals surface area contributed by atoms with Crippen molar-refractivity contribution >= 4 is 0 Å². The average molecular weight is 167 g/mol. The van der Waals surface area contributed by atoms with Crippen molar-refractivity contribution in [3.63, 3.8) is 0 Å². The van der Waals surface area contributed by atoms with Crippen LogP contribution in [-0.4, -0.2) is 6.54 Å². The van der Waals surface area contributed by atoms with Crippen LogP contribution in [0, 0.1) is 0 Å². The maximum atomic E-state index is 5.40. The van der Waals surface area contributed by atoms with Gasteiger partial charge in [-0.15, -0.1) is 0 Å². The molecule has 0 saturated carbocycles. The summed E-state index contributed by atoms with van der Waals surface area (Å²) in [7, 11) is 0. The zero-order chi connectivity index (χ0) is 9.40. The van der Waals surface area contributed by atoms with Crippen molar-refractivity contribution in [1.82, 2.24) is 0 Å². The molecule has 0 atom stereocenters. The summed E-state index contributed by atoms with van der Waals surface area (Å²) in [5.41, 5.74) is 8.28. The van der Waals surface area contributed by atoms with Crippen molar-refractivity contribution in [3.05, 3.63) is 23.3 Å². The Morgan fingerprint density at radius 1 is 1.17 bits per heavy atom. The van der Waals surface area contributed by atoms with Gasteiger partial charge >= 0.3 is 0 Å². The molecule has 0 fully saturated rings. The van der Waals surface area contributed by atoms with Gasteiger partial charge in [-0.1, -0.05) is 30.2 Å². The van der Waals surface area contributed by atoms with Crippen molar-refractivity contribution in [1.29, 1.82) is 0 Å². The van der Waals surface area contributed by atoms with Gasteiger partial charge in [0.25, 0.3) is 0 Å². The molecule has 1 heteroatoms. The first-order valence-electron chi connectivity index (χ1n) is 4.72. The van der Waals surface area contributed by atoms with Gasteiger partial charge in [0.1, 0.15) is 0 Å². The molecule has 0 bridgehead atoms. The third-order valence-corrected chi connectivity index (χ3v) is 2.06. The van der Waals surface area contributed by atoms with Crippen molar-refractivity contribution in [2.24, 2.45) is 5.73 Å². The molecule has 0 aromatic heterocycles. The van der Waals surface area contributed by atoms with E-state index in [0.717, 1.165) is 12.8 Å². The minimum Gasteiger partial charge on any atom is -0.327 e. The van der Waals surface area contributed by atoms with E-state index >= 15 is 0 Å². The van der Waals surface area contributed by atoms with Crippen LogP contribution in [0.5, 0.6) is 0 Å². The lowest BCUT2D eigenvalue weighted by atomic mass is 10.1. The summed E-state index contributed by atoms with van der Waals surface area (Å²) in [5, 5.41) is 0. The predicted octanol–water partition coefficient (Wildman–Crippen LogP) is 3.03. The van der Waals surface area contributed by atoms with E-state index in [1.54, 1.807) is 0 Å². The first-order valence-corrected chi connectivity index (χ1v) is 4.72. The molecule has 0 saturated heterocycles. The van der Waals surface area contributed by atoms with Crippen molar-refractivity contribution < 1.29 is 0 Å². The summed E-state index contributed by atoms with van der Waals surface area (Å²) in [4.78, 5) is 0. The number of hydrogen-bond donors (Lipinski definition) is 1. The Morgan fingerprint density at radius 2 is 1.83 bits per heavy atom. The van der Waals surface area contributed by atoms with Crippen molar-refractivity contribution in [2.75, 3.05) is 6.54 Å². The van der Waals surface area contributed by atoms with E-state index in [-0.39, 0.29) is 0 Å². The number of hydrogen-bond acceptors (Lipinski definition) is 1. The normalized spacial score (nSPS) is 13.7. The molecular weight excluding hydrogens is 146 g/mol. The van der Waals surface area contributed by atoms with E-state index in [4.69, 9.17) is 5.73 Å². The highest BCUT2D eigenvalue weighted by Gasteiger charge is 1.88. The van der Waals surface area contributed by atoms with Crippen LogP contribution in [0.2, 0.25) is 0 Å². The van der Waals surface area contributed by atoms with Gasteiger partial charge < -0.3 is 5.73 Å². The summed E-state index contributed by atoms with van der Waals surface area (Å²) in [5.74, 6) is 0. The molecule has 0 amide bonds. The van der Waals surface area contributed by atoms with Crippen LogP contribution in [0.15, 0.2) is 23.3 Å². The lowest BCUT2D eigenvalue weighted by molar-refractivity contribution is 0.942. The molecule has 0 spiro atoms. The molecule has 70 valence electrons. The lowest BCUT2D eigenvalue weighted by Gasteiger charge is -1.98. The Balaban J connectivity index is 3.62. The van der Waals surface area contributed by atoms with E-state index in [1.807, 2.05) is 0 Å². The highest BCUT2D eigenvalue weighted by Crippen LogP contribution is 2.07. The summed E-state index contributed by atoms with van der Waals surface area (Å²) in [6.07, 6.45) is 7.87. The zero-order valence-corrected chi connectivity index (χ0v) is 8.56. The summed E-state index contributed by atoms with van der Waals surface area (Å²) in [6.45, 7) is 7.18. The van der Waals surface area contributed by atoms with E-state index in [1.165, 1.54) is 17.6 Å². The molecule has 1 nitrogen and oxygen atoms in total. The standard InChI is InChI=1S/C11H21N/c1-4-10(2)6-5-7-11(3)8-9-12/h6,8H,4-5,7,9,12H2,1-3H3. The van der Waals surface area contributed by atoms with Crippen LogP contribution in [0.3, 0.4) is 0 Å². The third-order valence-electron chi connectivity index (χ3n) is 2.06. The van der Waals surface area contributed by atoms with Gasteiger partial charge in [-0.3, -0.25) is 0 Å². The zero-order valence-electron chi connectivity index (χ0n) is 8.56. The van der Waals surface area contributed by atoms with Gasteiger partial charge in [0.2, 0.25) is 0 Å². The van der Waals surface area contributed by atoms with Crippen molar-refractivity contribution in [2.45, 2.75) is 40.0 Å². The Labute approximate surface area is 76.3 Å². The van der Waals surface area contributed by atoms with E-state index < -0.39 is 0 Å². The Hall–Kier alpha value is -0.560. The second-order valence-electron chi connectivity index (χ2n) is 3.23. The molecule has 0 aromatic rings. The molecule has 0 heterocycles. The molecular formula is C11H21N. The summed E-state index contributed by atoms with van der Waals surface area (Å²) >= 11 is 0. The molecule has 0 aliphatic carbocycles. The lowest BCUT2D eigenvalue weighted by Crippen LogP contribution is -1.94. The van der Waals surface area contributed by atoms with Crippen LogP contribution in [0.4, 0.5) is 0 Å². The molecule has 12 heavy (non-hydrogen) atoms. The van der Waals surface area contributed by atoms with Crippen LogP contribution in [0.25, 0.3) is 0 Å². The fourth-order valence-corrected chi connectivity index (χ4v) is 0.994. The first kappa shape index (κ1) is 11.4. The number of allylic oxidation sites excluding steroid dienone is 3. The molecule has 0 aromatic carbocycles. The van der Waals surface area contributed by atoms with Crippen LogP contribution in [0.1, 0.15) is 40.0 Å².